The van der Waals surface area contributed by atoms with E-state index < -0.39 is 6.10 Å². The Kier molecular flexibility index (Phi) is 5.67. The highest BCUT2D eigenvalue weighted by atomic mass is 35.5. The Hall–Kier alpha value is -2.00. The van der Waals surface area contributed by atoms with Crippen molar-refractivity contribution in [2.75, 3.05) is 0 Å². The lowest BCUT2D eigenvalue weighted by Crippen LogP contribution is -2.37. The number of hydrogen-bond donors (Lipinski definition) is 1. The highest BCUT2D eigenvalue weighted by Gasteiger charge is 2.18. The minimum absolute atomic E-state index is 0.0767. The van der Waals surface area contributed by atoms with E-state index in [1.807, 2.05) is 13.0 Å². The summed E-state index contributed by atoms with van der Waals surface area (Å²) in [6.45, 7) is 7.83. The molecule has 1 N–H and O–H groups in total. The number of benzene rings is 2. The third kappa shape index (κ3) is 4.73. The van der Waals surface area contributed by atoms with E-state index in [0.29, 0.717) is 10.8 Å². The second-order valence-corrected chi connectivity index (χ2v) is 6.23. The van der Waals surface area contributed by atoms with Gasteiger partial charge < -0.3 is 10.1 Å². The van der Waals surface area contributed by atoms with Crippen molar-refractivity contribution in [1.29, 1.82) is 0 Å². The van der Waals surface area contributed by atoms with E-state index in [2.05, 4.69) is 31.3 Å². The van der Waals surface area contributed by atoms with Crippen molar-refractivity contribution in [3.05, 3.63) is 64.2 Å². The van der Waals surface area contributed by atoms with Crippen molar-refractivity contribution in [2.45, 2.75) is 39.8 Å². The van der Waals surface area contributed by atoms with Crippen LogP contribution in [0.25, 0.3) is 0 Å². The van der Waals surface area contributed by atoms with Gasteiger partial charge in [-0.3, -0.25) is 4.79 Å². The molecule has 2 unspecified atom stereocenters. The fraction of sp³-hybridized carbons (Fsp3) is 0.316. The predicted molar refractivity (Wildman–Crippen MR) is 94.0 cm³/mol. The quantitative estimate of drug-likeness (QED) is 0.869. The van der Waals surface area contributed by atoms with E-state index >= 15 is 0 Å². The van der Waals surface area contributed by atoms with E-state index in [0.717, 1.165) is 5.56 Å². The minimum Gasteiger partial charge on any atom is -0.481 e. The third-order valence-electron chi connectivity index (χ3n) is 3.87. The van der Waals surface area contributed by atoms with Crippen LogP contribution in [0.2, 0.25) is 5.02 Å². The molecule has 0 aromatic heterocycles. The first-order valence-corrected chi connectivity index (χ1v) is 8.04. The van der Waals surface area contributed by atoms with Crippen LogP contribution in [0.1, 0.15) is 36.6 Å². The average Bonchev–Trinajstić information content (AvgIpc) is 2.49. The number of rotatable bonds is 5. The van der Waals surface area contributed by atoms with Crippen LogP contribution >= 0.6 is 11.6 Å². The van der Waals surface area contributed by atoms with Crippen LogP contribution in [0.15, 0.2) is 42.5 Å². The molecule has 0 radical (unpaired) electrons. The van der Waals surface area contributed by atoms with Crippen LogP contribution in [-0.4, -0.2) is 12.0 Å². The van der Waals surface area contributed by atoms with Crippen molar-refractivity contribution in [3.63, 3.8) is 0 Å². The Morgan fingerprint density at radius 2 is 1.83 bits per heavy atom. The van der Waals surface area contributed by atoms with Gasteiger partial charge in [-0.2, -0.15) is 0 Å². The van der Waals surface area contributed by atoms with Crippen molar-refractivity contribution in [3.8, 4) is 5.75 Å². The Labute approximate surface area is 142 Å². The summed E-state index contributed by atoms with van der Waals surface area (Å²) in [6.07, 6.45) is -0.595. The van der Waals surface area contributed by atoms with Gasteiger partial charge in [0.25, 0.3) is 5.91 Å². The lowest BCUT2D eigenvalue weighted by atomic mass is 10.0. The van der Waals surface area contributed by atoms with Crippen molar-refractivity contribution >= 4 is 17.5 Å². The van der Waals surface area contributed by atoms with E-state index in [-0.39, 0.29) is 11.9 Å². The number of amides is 1. The molecule has 0 saturated carbocycles. The van der Waals surface area contributed by atoms with Crippen molar-refractivity contribution < 1.29 is 9.53 Å². The first-order valence-electron chi connectivity index (χ1n) is 7.66. The molecule has 2 aromatic carbocycles. The molecule has 122 valence electrons. The Morgan fingerprint density at radius 1 is 1.09 bits per heavy atom. The maximum Gasteiger partial charge on any atom is 0.261 e. The number of aryl methyl sites for hydroxylation is 2. The summed E-state index contributed by atoms with van der Waals surface area (Å²) in [5.74, 6) is 0.426. The van der Waals surface area contributed by atoms with Crippen LogP contribution in [0.3, 0.4) is 0 Å². The van der Waals surface area contributed by atoms with Crippen LogP contribution in [0, 0.1) is 13.8 Å². The number of halogens is 1. The summed E-state index contributed by atoms with van der Waals surface area (Å²) in [6, 6.07) is 13.2. The summed E-state index contributed by atoms with van der Waals surface area (Å²) < 4.78 is 5.64. The number of carbonyl (C=O) groups excluding carboxylic acids is 1. The molecule has 2 aromatic rings. The fourth-order valence-corrected chi connectivity index (χ4v) is 2.43. The van der Waals surface area contributed by atoms with Crippen LogP contribution in [0.5, 0.6) is 5.75 Å². The van der Waals surface area contributed by atoms with Crippen LogP contribution in [0.4, 0.5) is 0 Å². The van der Waals surface area contributed by atoms with E-state index in [1.54, 1.807) is 31.2 Å². The maximum atomic E-state index is 12.3. The van der Waals surface area contributed by atoms with Gasteiger partial charge in [-0.1, -0.05) is 35.9 Å². The molecule has 4 heteroatoms. The minimum atomic E-state index is -0.595. The smallest absolute Gasteiger partial charge is 0.261 e. The number of nitrogens with one attached hydrogen (secondary N) is 1. The number of hydrogen-bond acceptors (Lipinski definition) is 2. The van der Waals surface area contributed by atoms with Gasteiger partial charge in [-0.05, 0) is 62.6 Å². The highest BCUT2D eigenvalue weighted by molar-refractivity contribution is 6.30. The summed E-state index contributed by atoms with van der Waals surface area (Å²) in [5.41, 5.74) is 3.54. The topological polar surface area (TPSA) is 38.3 Å². The first-order chi connectivity index (χ1) is 10.9. The predicted octanol–water partition coefficient (Wildman–Crippen LogP) is 4.60. The molecule has 0 heterocycles. The van der Waals surface area contributed by atoms with E-state index in [9.17, 15) is 4.79 Å². The molecule has 0 aliphatic heterocycles. The molecule has 0 saturated heterocycles. The average molecular weight is 332 g/mol. The van der Waals surface area contributed by atoms with Gasteiger partial charge >= 0.3 is 0 Å². The maximum absolute atomic E-state index is 12.3. The van der Waals surface area contributed by atoms with Gasteiger partial charge in [0.05, 0.1) is 6.04 Å². The zero-order valence-electron chi connectivity index (χ0n) is 13.9. The van der Waals surface area contributed by atoms with Gasteiger partial charge in [-0.25, -0.2) is 0 Å². The molecule has 3 nitrogen and oxygen atoms in total. The normalized spacial score (nSPS) is 13.3. The second kappa shape index (κ2) is 7.51. The summed E-state index contributed by atoms with van der Waals surface area (Å²) in [5, 5.41) is 3.56. The van der Waals surface area contributed by atoms with Gasteiger partial charge in [-0.15, -0.1) is 0 Å². The molecule has 0 fully saturated rings. The first kappa shape index (κ1) is 17.4. The second-order valence-electron chi connectivity index (χ2n) is 5.79. The fourth-order valence-electron chi connectivity index (χ4n) is 2.25. The number of ether oxygens (including phenoxy) is 1. The Balaban J connectivity index is 1.98. The molecular weight excluding hydrogens is 310 g/mol. The van der Waals surface area contributed by atoms with Gasteiger partial charge in [0.2, 0.25) is 0 Å². The Bertz CT molecular complexity index is 700. The van der Waals surface area contributed by atoms with Crippen molar-refractivity contribution in [1.82, 2.24) is 5.32 Å². The molecule has 0 spiro atoms. The third-order valence-corrected chi connectivity index (χ3v) is 4.10. The standard InChI is InChI=1S/C19H22ClNO2/c1-12-8-9-16(10-13(12)2)14(3)21-19(22)15(4)23-18-7-5-6-17(20)11-18/h5-11,14-15H,1-4H3,(H,21,22). The highest BCUT2D eigenvalue weighted by Crippen LogP contribution is 2.20. The summed E-state index contributed by atoms with van der Waals surface area (Å²) in [4.78, 5) is 12.3. The molecule has 0 bridgehead atoms. The molecular formula is C19H22ClNO2. The lowest BCUT2D eigenvalue weighted by Gasteiger charge is -2.19. The molecule has 23 heavy (non-hydrogen) atoms. The van der Waals surface area contributed by atoms with Crippen molar-refractivity contribution in [2.24, 2.45) is 0 Å². The van der Waals surface area contributed by atoms with Crippen LogP contribution in [-0.2, 0) is 4.79 Å². The Morgan fingerprint density at radius 3 is 2.48 bits per heavy atom. The zero-order chi connectivity index (χ0) is 17.0. The zero-order valence-corrected chi connectivity index (χ0v) is 14.6. The van der Waals surface area contributed by atoms with Gasteiger partial charge in [0.15, 0.2) is 6.10 Å². The summed E-state index contributed by atoms with van der Waals surface area (Å²) >= 11 is 5.92. The monoisotopic (exact) mass is 331 g/mol. The largest absolute Gasteiger partial charge is 0.481 e. The van der Waals surface area contributed by atoms with Gasteiger partial charge in [0, 0.05) is 5.02 Å². The molecule has 0 aliphatic rings. The SMILES string of the molecule is Cc1ccc(C(C)NC(=O)C(C)Oc2cccc(Cl)c2)cc1C. The van der Waals surface area contributed by atoms with E-state index in [1.165, 1.54) is 11.1 Å². The number of carbonyl (C=O) groups is 1. The molecule has 2 rings (SSSR count). The molecule has 2 atom stereocenters. The van der Waals surface area contributed by atoms with Gasteiger partial charge in [0.1, 0.15) is 5.75 Å². The lowest BCUT2D eigenvalue weighted by molar-refractivity contribution is -0.127. The van der Waals surface area contributed by atoms with Crippen LogP contribution < -0.4 is 10.1 Å². The van der Waals surface area contributed by atoms with E-state index in [4.69, 9.17) is 16.3 Å². The molecule has 1 amide bonds. The summed E-state index contributed by atoms with van der Waals surface area (Å²) in [7, 11) is 0. The molecule has 0 aliphatic carbocycles.